The summed E-state index contributed by atoms with van der Waals surface area (Å²) in [5.41, 5.74) is 11.3. The second-order valence-corrected chi connectivity index (χ2v) is 15.8. The summed E-state index contributed by atoms with van der Waals surface area (Å²) in [6, 6.07) is 68.1. The number of hydrogen-bond donors (Lipinski definition) is 0. The van der Waals surface area contributed by atoms with Crippen molar-refractivity contribution in [3.8, 4) is 22.8 Å². The van der Waals surface area contributed by atoms with E-state index >= 15 is 0 Å². The van der Waals surface area contributed by atoms with Gasteiger partial charge in [-0.05, 0) is 47.9 Å². The first kappa shape index (κ1) is 31.1. The predicted octanol–water partition coefficient (Wildman–Crippen LogP) is 13.8. The van der Waals surface area contributed by atoms with E-state index in [-0.39, 0.29) is 0 Å². The lowest BCUT2D eigenvalue weighted by Gasteiger charge is -2.14. The van der Waals surface area contributed by atoms with Crippen LogP contribution < -0.4 is 0 Å². The van der Waals surface area contributed by atoms with Gasteiger partial charge in [0.15, 0.2) is 5.82 Å². The van der Waals surface area contributed by atoms with Crippen molar-refractivity contribution < 1.29 is 0 Å². The van der Waals surface area contributed by atoms with Gasteiger partial charge in [-0.15, -0.1) is 10.2 Å². The fourth-order valence-corrected chi connectivity index (χ4v) is 10.4. The molecular formula is C54H31N5. The predicted molar refractivity (Wildman–Crippen MR) is 246 cm³/mol. The molecule has 14 rings (SSSR count). The highest BCUT2D eigenvalue weighted by molar-refractivity contribution is 6.37. The molecule has 0 bridgehead atoms. The second-order valence-electron chi connectivity index (χ2n) is 15.8. The molecule has 0 unspecified atom stereocenters. The molecule has 0 aliphatic rings. The summed E-state index contributed by atoms with van der Waals surface area (Å²) < 4.78 is 7.24. The average molecular weight is 750 g/mol. The maximum Gasteiger partial charge on any atom is 0.168 e. The van der Waals surface area contributed by atoms with Gasteiger partial charge >= 0.3 is 0 Å². The molecule has 272 valence electrons. The Balaban J connectivity index is 1.11. The third-order valence-corrected chi connectivity index (χ3v) is 12.8. The number of rotatable bonds is 3. The Hall–Kier alpha value is -8.02. The van der Waals surface area contributed by atoms with E-state index in [2.05, 4.69) is 202 Å². The van der Waals surface area contributed by atoms with E-state index in [0.717, 1.165) is 50.1 Å². The summed E-state index contributed by atoms with van der Waals surface area (Å²) in [7, 11) is 0. The Labute approximate surface area is 336 Å². The molecule has 5 nitrogen and oxygen atoms in total. The number of fused-ring (bicyclic) bond motifs is 16. The lowest BCUT2D eigenvalue weighted by Crippen LogP contribution is -2.03. The molecule has 0 spiro atoms. The van der Waals surface area contributed by atoms with Gasteiger partial charge in [-0.1, -0.05) is 146 Å². The molecule has 0 radical (unpaired) electrons. The molecule has 5 heteroatoms. The zero-order valence-electron chi connectivity index (χ0n) is 31.6. The fraction of sp³-hybridized carbons (Fsp3) is 0. The van der Waals surface area contributed by atoms with E-state index in [9.17, 15) is 0 Å². The minimum absolute atomic E-state index is 0.821. The standard InChI is InChI=1S/C54H31N5/c1-2-15-34(16-3-1)57-44-23-11-8-18-36(44)38-28-27-33(30-47(38)57)51-39-20-6-7-21-40(39)54(56-55-51)59-48-31-43-37-19-9-12-24-45(37)58-46-25-13-10-22-41(46)50(53(43)58)49(48)42-29-26-32-14-4-5-17-35(32)52(42)59/h1-31H. The molecule has 5 heterocycles. The summed E-state index contributed by atoms with van der Waals surface area (Å²) in [4.78, 5) is 0. The molecule has 0 fully saturated rings. The van der Waals surface area contributed by atoms with E-state index in [1.165, 1.54) is 75.9 Å². The fourth-order valence-electron chi connectivity index (χ4n) is 10.4. The normalized spacial score (nSPS) is 12.4. The Morgan fingerprint density at radius 1 is 0.322 bits per heavy atom. The molecule has 0 saturated heterocycles. The number of benzene rings is 9. The topological polar surface area (TPSA) is 40.0 Å². The van der Waals surface area contributed by atoms with Crippen LogP contribution in [0.1, 0.15) is 0 Å². The first-order chi connectivity index (χ1) is 29.3. The Kier molecular flexibility index (Phi) is 5.96. The number of para-hydroxylation sites is 4. The van der Waals surface area contributed by atoms with Crippen LogP contribution in [0.5, 0.6) is 0 Å². The van der Waals surface area contributed by atoms with E-state index in [0.29, 0.717) is 0 Å². The van der Waals surface area contributed by atoms with Gasteiger partial charge in [0.25, 0.3) is 0 Å². The molecule has 0 aliphatic heterocycles. The van der Waals surface area contributed by atoms with Crippen LogP contribution in [-0.2, 0) is 0 Å². The van der Waals surface area contributed by atoms with Crippen LogP contribution in [0.15, 0.2) is 188 Å². The maximum absolute atomic E-state index is 5.28. The number of hydrogen-bond acceptors (Lipinski definition) is 2. The van der Waals surface area contributed by atoms with Gasteiger partial charge in [-0.2, -0.15) is 0 Å². The molecule has 0 aliphatic carbocycles. The van der Waals surface area contributed by atoms with Crippen LogP contribution >= 0.6 is 0 Å². The third kappa shape index (κ3) is 3.98. The van der Waals surface area contributed by atoms with Crippen LogP contribution in [0.4, 0.5) is 0 Å². The van der Waals surface area contributed by atoms with Crippen molar-refractivity contribution >= 4 is 103 Å². The highest BCUT2D eigenvalue weighted by Gasteiger charge is 2.26. The minimum Gasteiger partial charge on any atom is -0.309 e. The SMILES string of the molecule is c1ccc(-n2c3ccccc3c3ccc(-c4nnc(-n5c6cc7c8ccccc8n8c9ccccc9c(c6c6ccc9ccccc9c65)c78)c5ccccc45)cc32)cc1. The highest BCUT2D eigenvalue weighted by Crippen LogP contribution is 2.48. The molecule has 0 atom stereocenters. The lowest BCUT2D eigenvalue weighted by molar-refractivity contribution is 0.978. The van der Waals surface area contributed by atoms with Gasteiger partial charge in [0, 0.05) is 70.5 Å². The Morgan fingerprint density at radius 3 is 1.75 bits per heavy atom. The Bertz CT molecular complexity index is 4070. The smallest absolute Gasteiger partial charge is 0.168 e. The van der Waals surface area contributed by atoms with Crippen LogP contribution in [0.3, 0.4) is 0 Å². The van der Waals surface area contributed by atoms with Crippen LogP contribution in [0.25, 0.3) is 126 Å². The van der Waals surface area contributed by atoms with Gasteiger partial charge in [0.1, 0.15) is 5.69 Å². The first-order valence-electron chi connectivity index (χ1n) is 20.2. The van der Waals surface area contributed by atoms with Gasteiger partial charge in [0.2, 0.25) is 0 Å². The summed E-state index contributed by atoms with van der Waals surface area (Å²) >= 11 is 0. The largest absolute Gasteiger partial charge is 0.309 e. The molecule has 0 saturated carbocycles. The van der Waals surface area contributed by atoms with Gasteiger partial charge < -0.3 is 8.97 Å². The van der Waals surface area contributed by atoms with Crippen molar-refractivity contribution in [1.82, 2.24) is 23.7 Å². The van der Waals surface area contributed by atoms with Crippen molar-refractivity contribution in [2.45, 2.75) is 0 Å². The highest BCUT2D eigenvalue weighted by atomic mass is 15.2. The van der Waals surface area contributed by atoms with Gasteiger partial charge in [-0.3, -0.25) is 4.57 Å². The monoisotopic (exact) mass is 749 g/mol. The first-order valence-corrected chi connectivity index (χ1v) is 20.2. The molecule has 0 N–H and O–H groups in total. The second kappa shape index (κ2) is 11.3. The van der Waals surface area contributed by atoms with E-state index in [1.54, 1.807) is 0 Å². The van der Waals surface area contributed by atoms with Gasteiger partial charge in [0.05, 0.1) is 38.6 Å². The van der Waals surface area contributed by atoms with Crippen molar-refractivity contribution in [2.75, 3.05) is 0 Å². The van der Waals surface area contributed by atoms with Crippen LogP contribution in [-0.4, -0.2) is 23.7 Å². The zero-order chi connectivity index (χ0) is 38.3. The summed E-state index contributed by atoms with van der Waals surface area (Å²) in [5, 5.41) is 24.9. The number of nitrogens with zero attached hydrogens (tertiary/aromatic N) is 5. The average Bonchev–Trinajstić information content (AvgIpc) is 4.03. The van der Waals surface area contributed by atoms with E-state index in [1.807, 2.05) is 0 Å². The summed E-state index contributed by atoms with van der Waals surface area (Å²) in [6.07, 6.45) is 0. The molecular weight excluding hydrogens is 719 g/mol. The zero-order valence-corrected chi connectivity index (χ0v) is 31.6. The van der Waals surface area contributed by atoms with Crippen LogP contribution in [0.2, 0.25) is 0 Å². The lowest BCUT2D eigenvalue weighted by atomic mass is 10.0. The van der Waals surface area contributed by atoms with Crippen molar-refractivity contribution in [2.24, 2.45) is 0 Å². The van der Waals surface area contributed by atoms with Crippen molar-refractivity contribution in [3.63, 3.8) is 0 Å². The molecule has 0 amide bonds. The Morgan fingerprint density at radius 2 is 0.932 bits per heavy atom. The van der Waals surface area contributed by atoms with E-state index in [4.69, 9.17) is 10.2 Å². The maximum atomic E-state index is 5.28. The molecule has 9 aromatic carbocycles. The summed E-state index contributed by atoms with van der Waals surface area (Å²) in [6.45, 7) is 0. The molecule has 14 aromatic rings. The quantitative estimate of drug-likeness (QED) is 0.180. The molecule has 5 aromatic heterocycles. The minimum atomic E-state index is 0.821. The van der Waals surface area contributed by atoms with Gasteiger partial charge in [-0.25, -0.2) is 0 Å². The third-order valence-electron chi connectivity index (χ3n) is 12.8. The van der Waals surface area contributed by atoms with E-state index < -0.39 is 0 Å². The van der Waals surface area contributed by atoms with Crippen molar-refractivity contribution in [1.29, 1.82) is 0 Å². The van der Waals surface area contributed by atoms with Crippen molar-refractivity contribution in [3.05, 3.63) is 188 Å². The summed E-state index contributed by atoms with van der Waals surface area (Å²) in [5.74, 6) is 0.821. The number of aromatic nitrogens is 5. The molecule has 59 heavy (non-hydrogen) atoms. The van der Waals surface area contributed by atoms with Crippen LogP contribution in [0, 0.1) is 0 Å².